The number of nitrogens with zero attached hydrogens (tertiary/aromatic N) is 4. The third kappa shape index (κ3) is 2.41. The van der Waals surface area contributed by atoms with Gasteiger partial charge in [-0.05, 0) is 18.9 Å². The molecule has 0 radical (unpaired) electrons. The first-order valence-corrected chi connectivity index (χ1v) is 5.67. The zero-order valence-electron chi connectivity index (χ0n) is 9.93. The van der Waals surface area contributed by atoms with Crippen LogP contribution in [-0.2, 0) is 0 Å². The van der Waals surface area contributed by atoms with Crippen molar-refractivity contribution in [3.63, 3.8) is 0 Å². The highest BCUT2D eigenvalue weighted by atomic mass is 15.3. The van der Waals surface area contributed by atoms with Gasteiger partial charge in [0, 0.05) is 39.4 Å². The van der Waals surface area contributed by atoms with Crippen molar-refractivity contribution in [2.24, 2.45) is 5.73 Å². The minimum atomic E-state index is 0.353. The molecule has 88 valence electrons. The van der Waals surface area contributed by atoms with Crippen LogP contribution in [0.5, 0.6) is 0 Å². The second-order valence-electron chi connectivity index (χ2n) is 4.43. The van der Waals surface area contributed by atoms with Crippen LogP contribution in [0, 0.1) is 0 Å². The second-order valence-corrected chi connectivity index (χ2v) is 4.43. The Hall–Kier alpha value is -1.36. The second kappa shape index (κ2) is 4.65. The molecule has 2 heterocycles. The summed E-state index contributed by atoms with van der Waals surface area (Å²) in [5.74, 6) is 1.76. The molecular formula is C11H19N5. The molecule has 0 aromatic carbocycles. The Morgan fingerprint density at radius 3 is 2.69 bits per heavy atom. The largest absolute Gasteiger partial charge is 0.356 e. The fourth-order valence-corrected chi connectivity index (χ4v) is 1.86. The zero-order chi connectivity index (χ0) is 11.5. The Labute approximate surface area is 96.3 Å². The van der Waals surface area contributed by atoms with E-state index in [4.69, 9.17) is 5.73 Å². The molecule has 0 aliphatic carbocycles. The van der Waals surface area contributed by atoms with Crippen molar-refractivity contribution in [2.45, 2.75) is 18.9 Å². The van der Waals surface area contributed by atoms with Gasteiger partial charge in [0.2, 0.25) is 5.95 Å². The molecule has 0 atom stereocenters. The van der Waals surface area contributed by atoms with E-state index in [2.05, 4.69) is 14.9 Å². The van der Waals surface area contributed by atoms with Crippen molar-refractivity contribution in [1.82, 2.24) is 9.97 Å². The summed E-state index contributed by atoms with van der Waals surface area (Å²) >= 11 is 0. The topological polar surface area (TPSA) is 58.3 Å². The van der Waals surface area contributed by atoms with Gasteiger partial charge in [0.25, 0.3) is 0 Å². The first-order chi connectivity index (χ1) is 7.66. The minimum absolute atomic E-state index is 0.353. The van der Waals surface area contributed by atoms with Crippen LogP contribution in [0.25, 0.3) is 0 Å². The van der Waals surface area contributed by atoms with Crippen molar-refractivity contribution in [3.8, 4) is 0 Å². The van der Waals surface area contributed by atoms with Gasteiger partial charge >= 0.3 is 0 Å². The maximum atomic E-state index is 5.89. The summed E-state index contributed by atoms with van der Waals surface area (Å²) in [6, 6.07) is 2.32. The first kappa shape index (κ1) is 11.1. The van der Waals surface area contributed by atoms with E-state index in [1.807, 2.05) is 31.3 Å². The molecule has 0 unspecified atom stereocenters. The summed E-state index contributed by atoms with van der Waals surface area (Å²) in [5, 5.41) is 0. The molecule has 0 saturated carbocycles. The predicted molar refractivity (Wildman–Crippen MR) is 65.8 cm³/mol. The van der Waals surface area contributed by atoms with Gasteiger partial charge in [-0.25, -0.2) is 4.98 Å². The van der Waals surface area contributed by atoms with Crippen molar-refractivity contribution in [1.29, 1.82) is 0 Å². The molecule has 1 aliphatic rings. The Morgan fingerprint density at radius 1 is 1.38 bits per heavy atom. The molecule has 0 spiro atoms. The molecular weight excluding hydrogens is 202 g/mol. The average Bonchev–Trinajstić information content (AvgIpc) is 2.30. The predicted octanol–water partition coefficient (Wildman–Crippen LogP) is 0.470. The lowest BCUT2D eigenvalue weighted by Crippen LogP contribution is -2.40. The lowest BCUT2D eigenvalue weighted by molar-refractivity contribution is 0.498. The van der Waals surface area contributed by atoms with Crippen molar-refractivity contribution < 1.29 is 0 Å². The van der Waals surface area contributed by atoms with E-state index in [1.54, 1.807) is 0 Å². The van der Waals surface area contributed by atoms with Gasteiger partial charge in [-0.2, -0.15) is 4.98 Å². The molecule has 1 aliphatic heterocycles. The summed E-state index contributed by atoms with van der Waals surface area (Å²) < 4.78 is 0. The number of hydrogen-bond donors (Lipinski definition) is 1. The third-order valence-electron chi connectivity index (χ3n) is 2.89. The summed E-state index contributed by atoms with van der Waals surface area (Å²) in [6.45, 7) is 1.98. The molecule has 1 aromatic rings. The molecule has 2 N–H and O–H groups in total. The van der Waals surface area contributed by atoms with Crippen LogP contribution in [0.2, 0.25) is 0 Å². The highest BCUT2D eigenvalue weighted by Crippen LogP contribution is 2.18. The number of anilines is 2. The minimum Gasteiger partial charge on any atom is -0.356 e. The van der Waals surface area contributed by atoms with Crippen LogP contribution >= 0.6 is 0 Å². The molecule has 16 heavy (non-hydrogen) atoms. The summed E-state index contributed by atoms with van der Waals surface area (Å²) in [7, 11) is 3.90. The maximum absolute atomic E-state index is 5.89. The smallest absolute Gasteiger partial charge is 0.226 e. The highest BCUT2D eigenvalue weighted by molar-refractivity contribution is 5.43. The monoisotopic (exact) mass is 221 g/mol. The van der Waals surface area contributed by atoms with Gasteiger partial charge in [-0.15, -0.1) is 0 Å². The van der Waals surface area contributed by atoms with Gasteiger partial charge in [0.15, 0.2) is 0 Å². The molecule has 0 bridgehead atoms. The van der Waals surface area contributed by atoms with E-state index >= 15 is 0 Å². The van der Waals surface area contributed by atoms with Gasteiger partial charge in [-0.1, -0.05) is 0 Å². The number of piperidine rings is 1. The van der Waals surface area contributed by atoms with Crippen LogP contribution < -0.4 is 15.5 Å². The normalized spacial score (nSPS) is 17.6. The van der Waals surface area contributed by atoms with E-state index in [0.29, 0.717) is 6.04 Å². The molecule has 2 rings (SSSR count). The number of rotatable bonds is 2. The van der Waals surface area contributed by atoms with Gasteiger partial charge < -0.3 is 15.5 Å². The standard InChI is InChI=1S/C11H19N5/c1-15(2)11-13-6-3-10(14-11)16-7-4-9(12)5-8-16/h3,6,9H,4-5,7-8,12H2,1-2H3. The Kier molecular flexibility index (Phi) is 3.24. The Balaban J connectivity index is 2.11. The molecule has 1 fully saturated rings. The molecule has 0 amide bonds. The van der Waals surface area contributed by atoms with Crippen LogP contribution in [0.4, 0.5) is 11.8 Å². The fourth-order valence-electron chi connectivity index (χ4n) is 1.86. The van der Waals surface area contributed by atoms with E-state index in [9.17, 15) is 0 Å². The summed E-state index contributed by atoms with van der Waals surface area (Å²) in [4.78, 5) is 12.9. The van der Waals surface area contributed by atoms with Crippen molar-refractivity contribution >= 4 is 11.8 Å². The number of aromatic nitrogens is 2. The lowest BCUT2D eigenvalue weighted by atomic mass is 10.1. The van der Waals surface area contributed by atoms with Crippen molar-refractivity contribution in [3.05, 3.63) is 12.3 Å². The molecule has 1 saturated heterocycles. The molecule has 5 heteroatoms. The van der Waals surface area contributed by atoms with Crippen LogP contribution in [0.1, 0.15) is 12.8 Å². The zero-order valence-corrected chi connectivity index (χ0v) is 9.93. The quantitative estimate of drug-likeness (QED) is 0.786. The van der Waals surface area contributed by atoms with E-state index in [0.717, 1.165) is 37.7 Å². The molecule has 1 aromatic heterocycles. The maximum Gasteiger partial charge on any atom is 0.226 e. The Morgan fingerprint density at radius 2 is 2.06 bits per heavy atom. The van der Waals surface area contributed by atoms with Crippen LogP contribution in [0.15, 0.2) is 12.3 Å². The van der Waals surface area contributed by atoms with Crippen LogP contribution in [-0.4, -0.2) is 43.2 Å². The highest BCUT2D eigenvalue weighted by Gasteiger charge is 2.17. The van der Waals surface area contributed by atoms with Crippen LogP contribution in [0.3, 0.4) is 0 Å². The van der Waals surface area contributed by atoms with E-state index in [1.165, 1.54) is 0 Å². The lowest BCUT2D eigenvalue weighted by Gasteiger charge is -2.31. The van der Waals surface area contributed by atoms with Gasteiger partial charge in [-0.3, -0.25) is 0 Å². The molecule has 5 nitrogen and oxygen atoms in total. The third-order valence-corrected chi connectivity index (χ3v) is 2.89. The van der Waals surface area contributed by atoms with E-state index in [-0.39, 0.29) is 0 Å². The van der Waals surface area contributed by atoms with Crippen molar-refractivity contribution in [2.75, 3.05) is 37.0 Å². The first-order valence-electron chi connectivity index (χ1n) is 5.67. The van der Waals surface area contributed by atoms with Gasteiger partial charge in [0.1, 0.15) is 5.82 Å². The SMILES string of the molecule is CN(C)c1nccc(N2CCC(N)CC2)n1. The summed E-state index contributed by atoms with van der Waals surface area (Å²) in [5.41, 5.74) is 5.89. The van der Waals surface area contributed by atoms with E-state index < -0.39 is 0 Å². The van der Waals surface area contributed by atoms with Gasteiger partial charge in [0.05, 0.1) is 0 Å². The number of nitrogens with two attached hydrogens (primary N) is 1. The Bertz CT molecular complexity index is 344. The fraction of sp³-hybridized carbons (Fsp3) is 0.636. The summed E-state index contributed by atoms with van der Waals surface area (Å²) in [6.07, 6.45) is 3.90. The average molecular weight is 221 g/mol. The number of hydrogen-bond acceptors (Lipinski definition) is 5.